The van der Waals surface area contributed by atoms with Gasteiger partial charge < -0.3 is 23.5 Å². The quantitative estimate of drug-likeness (QED) is 0.417. The van der Waals surface area contributed by atoms with Crippen molar-refractivity contribution in [2.24, 2.45) is 0 Å². The van der Waals surface area contributed by atoms with E-state index in [2.05, 4.69) is 15.5 Å². The average molecular weight is 439 g/mol. The van der Waals surface area contributed by atoms with Crippen LogP contribution in [0.5, 0.6) is 11.5 Å². The first-order valence-electron chi connectivity index (χ1n) is 9.27. The highest BCUT2D eigenvalue weighted by Crippen LogP contribution is 2.33. The Balaban J connectivity index is 2.22. The molecule has 0 spiro atoms. The lowest BCUT2D eigenvalue weighted by molar-refractivity contribution is -0.117. The molecule has 1 aromatic carbocycles. The summed E-state index contributed by atoms with van der Waals surface area (Å²) >= 11 is 1.18. The normalized spacial score (nSPS) is 10.5. The van der Waals surface area contributed by atoms with Crippen molar-refractivity contribution in [1.82, 2.24) is 20.1 Å². The van der Waals surface area contributed by atoms with Crippen molar-refractivity contribution in [2.45, 2.75) is 25.0 Å². The minimum absolute atomic E-state index is 0.00679. The van der Waals surface area contributed by atoms with E-state index < -0.39 is 12.0 Å². The Morgan fingerprint density at radius 3 is 2.57 bits per heavy atom. The first kappa shape index (κ1) is 23.5. The lowest BCUT2D eigenvalue weighted by atomic mass is 10.2. The molecule has 0 saturated carbocycles. The van der Waals surface area contributed by atoms with E-state index in [-0.39, 0.29) is 12.4 Å². The van der Waals surface area contributed by atoms with E-state index in [0.717, 1.165) is 12.0 Å². The second-order valence-electron chi connectivity index (χ2n) is 5.93. The van der Waals surface area contributed by atoms with E-state index in [1.807, 2.05) is 16.7 Å². The molecule has 1 N–H and O–H groups in total. The van der Waals surface area contributed by atoms with Gasteiger partial charge in [-0.15, -0.1) is 10.2 Å². The molecule has 0 aliphatic heterocycles. The maximum atomic E-state index is 12.0. The standard InChI is InChI=1S/C19H26N4O6S/c1-5-29-19(25)20-16(24)12-30-18-22-21-17(23(18)9-6-10-26-2)13-7-8-14(27-3)15(11-13)28-4/h7-8,11H,5-6,9-10,12H2,1-4H3,(H,20,24,25). The molecule has 1 heterocycles. The minimum Gasteiger partial charge on any atom is -0.493 e. The van der Waals surface area contributed by atoms with Crippen molar-refractivity contribution in [3.63, 3.8) is 0 Å². The number of nitrogens with zero attached hydrogens (tertiary/aromatic N) is 3. The highest BCUT2D eigenvalue weighted by molar-refractivity contribution is 7.99. The molecule has 0 bridgehead atoms. The molecule has 164 valence electrons. The van der Waals surface area contributed by atoms with Crippen LogP contribution in [-0.2, 0) is 20.8 Å². The van der Waals surface area contributed by atoms with Crippen LogP contribution in [-0.4, -0.2) is 67.1 Å². The molecule has 11 heteroatoms. The highest BCUT2D eigenvalue weighted by atomic mass is 32.2. The van der Waals surface area contributed by atoms with E-state index in [9.17, 15) is 9.59 Å². The van der Waals surface area contributed by atoms with Crippen LogP contribution in [0.25, 0.3) is 11.4 Å². The van der Waals surface area contributed by atoms with Gasteiger partial charge in [-0.05, 0) is 31.5 Å². The molecule has 10 nitrogen and oxygen atoms in total. The lowest BCUT2D eigenvalue weighted by Gasteiger charge is -2.12. The van der Waals surface area contributed by atoms with Gasteiger partial charge in [-0.1, -0.05) is 11.8 Å². The summed E-state index contributed by atoms with van der Waals surface area (Å²) in [5, 5.41) is 11.2. The number of thioether (sulfide) groups is 1. The number of aromatic nitrogens is 3. The molecule has 2 rings (SSSR count). The van der Waals surface area contributed by atoms with E-state index in [1.54, 1.807) is 34.3 Å². The second kappa shape index (κ2) is 12.0. The van der Waals surface area contributed by atoms with Crippen LogP contribution < -0.4 is 14.8 Å². The number of hydrogen-bond acceptors (Lipinski definition) is 9. The number of carbonyl (C=O) groups is 2. The third-order valence-electron chi connectivity index (χ3n) is 3.94. The second-order valence-corrected chi connectivity index (χ2v) is 6.87. The van der Waals surface area contributed by atoms with Gasteiger partial charge in [0, 0.05) is 25.8 Å². The number of hydrogen-bond donors (Lipinski definition) is 1. The molecule has 0 aliphatic rings. The van der Waals surface area contributed by atoms with Gasteiger partial charge in [-0.3, -0.25) is 10.1 Å². The van der Waals surface area contributed by atoms with E-state index in [0.29, 0.717) is 35.6 Å². The van der Waals surface area contributed by atoms with Crippen LogP contribution in [0.4, 0.5) is 4.79 Å². The van der Waals surface area contributed by atoms with E-state index >= 15 is 0 Å². The summed E-state index contributed by atoms with van der Waals surface area (Å²) in [6.45, 7) is 3.01. The van der Waals surface area contributed by atoms with Crippen LogP contribution >= 0.6 is 11.8 Å². The van der Waals surface area contributed by atoms with Gasteiger partial charge in [-0.2, -0.15) is 0 Å². The number of amides is 2. The maximum Gasteiger partial charge on any atom is 0.413 e. The predicted molar refractivity (Wildman–Crippen MR) is 111 cm³/mol. The monoisotopic (exact) mass is 438 g/mol. The fourth-order valence-corrected chi connectivity index (χ4v) is 3.36. The number of benzene rings is 1. The fourth-order valence-electron chi connectivity index (χ4n) is 2.60. The summed E-state index contributed by atoms with van der Waals surface area (Å²) in [6, 6.07) is 5.47. The zero-order chi connectivity index (χ0) is 21.9. The van der Waals surface area contributed by atoms with Crippen molar-refractivity contribution in [3.8, 4) is 22.9 Å². The van der Waals surface area contributed by atoms with Gasteiger partial charge >= 0.3 is 6.09 Å². The van der Waals surface area contributed by atoms with Crippen molar-refractivity contribution < 1.29 is 28.5 Å². The minimum atomic E-state index is -0.768. The Morgan fingerprint density at radius 2 is 1.90 bits per heavy atom. The predicted octanol–water partition coefficient (Wildman–Crippen LogP) is 2.36. The van der Waals surface area contributed by atoms with Crippen LogP contribution in [0.1, 0.15) is 13.3 Å². The number of imide groups is 1. The number of methoxy groups -OCH3 is 3. The first-order chi connectivity index (χ1) is 14.5. The molecular weight excluding hydrogens is 412 g/mol. The Hall–Kier alpha value is -2.79. The number of ether oxygens (including phenoxy) is 4. The fraction of sp³-hybridized carbons (Fsp3) is 0.474. The lowest BCUT2D eigenvalue weighted by Crippen LogP contribution is -2.32. The van der Waals surface area contributed by atoms with Crippen LogP contribution in [0, 0.1) is 0 Å². The summed E-state index contributed by atoms with van der Waals surface area (Å²) in [4.78, 5) is 23.3. The van der Waals surface area contributed by atoms with Crippen LogP contribution in [0.2, 0.25) is 0 Å². The summed E-state index contributed by atoms with van der Waals surface area (Å²) < 4.78 is 22.4. The van der Waals surface area contributed by atoms with Gasteiger partial charge in [0.15, 0.2) is 22.5 Å². The maximum absolute atomic E-state index is 12.0. The average Bonchev–Trinajstić information content (AvgIpc) is 3.14. The molecule has 0 fully saturated rings. The summed E-state index contributed by atoms with van der Waals surface area (Å²) in [5.74, 6) is 1.33. The molecule has 0 aliphatic carbocycles. The molecule has 0 unspecified atom stereocenters. The van der Waals surface area contributed by atoms with Crippen molar-refractivity contribution >= 4 is 23.8 Å². The molecule has 0 atom stereocenters. The smallest absolute Gasteiger partial charge is 0.413 e. The Bertz CT molecular complexity index is 858. The largest absolute Gasteiger partial charge is 0.493 e. The summed E-state index contributed by atoms with van der Waals surface area (Å²) in [7, 11) is 4.77. The van der Waals surface area contributed by atoms with Gasteiger partial charge in [0.1, 0.15) is 0 Å². The zero-order valence-corrected chi connectivity index (χ0v) is 18.3. The van der Waals surface area contributed by atoms with E-state index in [1.165, 1.54) is 11.8 Å². The number of nitrogens with one attached hydrogen (secondary N) is 1. The van der Waals surface area contributed by atoms with Crippen LogP contribution in [0.3, 0.4) is 0 Å². The first-order valence-corrected chi connectivity index (χ1v) is 10.3. The van der Waals surface area contributed by atoms with Gasteiger partial charge in [0.2, 0.25) is 5.91 Å². The SMILES string of the molecule is CCOC(=O)NC(=O)CSc1nnc(-c2ccc(OC)c(OC)c2)n1CCCOC. The third-order valence-corrected chi connectivity index (χ3v) is 4.90. The molecule has 30 heavy (non-hydrogen) atoms. The highest BCUT2D eigenvalue weighted by Gasteiger charge is 2.18. The topological polar surface area (TPSA) is 114 Å². The molecular formula is C19H26N4O6S. The molecule has 2 amide bonds. The molecule has 2 aromatic rings. The van der Waals surface area contributed by atoms with E-state index in [4.69, 9.17) is 18.9 Å². The van der Waals surface area contributed by atoms with Gasteiger partial charge in [0.05, 0.1) is 26.6 Å². The molecule has 1 aromatic heterocycles. The number of alkyl carbamates (subject to hydrolysis) is 1. The number of carbonyl (C=O) groups excluding carboxylic acids is 2. The zero-order valence-electron chi connectivity index (χ0n) is 17.5. The van der Waals surface area contributed by atoms with Crippen molar-refractivity contribution in [3.05, 3.63) is 18.2 Å². The molecule has 0 radical (unpaired) electrons. The third kappa shape index (κ3) is 6.36. The van der Waals surface area contributed by atoms with Crippen molar-refractivity contribution in [1.29, 1.82) is 0 Å². The van der Waals surface area contributed by atoms with Crippen LogP contribution in [0.15, 0.2) is 23.4 Å². The van der Waals surface area contributed by atoms with Crippen molar-refractivity contribution in [2.75, 3.05) is 40.3 Å². The summed E-state index contributed by atoms with van der Waals surface area (Å²) in [5.41, 5.74) is 0.792. The summed E-state index contributed by atoms with van der Waals surface area (Å²) in [6.07, 6.45) is -0.0343. The van der Waals surface area contributed by atoms with Gasteiger partial charge in [-0.25, -0.2) is 4.79 Å². The Kier molecular flexibility index (Phi) is 9.42. The Morgan fingerprint density at radius 1 is 1.13 bits per heavy atom. The van der Waals surface area contributed by atoms with Gasteiger partial charge in [0.25, 0.3) is 0 Å². The molecule has 0 saturated heterocycles. The Labute approximate surface area is 179 Å². The number of rotatable bonds is 11.